The van der Waals surface area contributed by atoms with Gasteiger partial charge >= 0.3 is 0 Å². The van der Waals surface area contributed by atoms with Crippen molar-refractivity contribution in [3.8, 4) is 0 Å². The molecule has 0 radical (unpaired) electrons. The summed E-state index contributed by atoms with van der Waals surface area (Å²) in [7, 11) is 2.01. The smallest absolute Gasteiger partial charge is 0.134 e. The maximum atomic E-state index is 9.70. The minimum atomic E-state index is -0.492. The van der Waals surface area contributed by atoms with Crippen LogP contribution in [0.4, 0.5) is 5.82 Å². The first-order valence-electron chi connectivity index (χ1n) is 5.63. The van der Waals surface area contributed by atoms with Crippen LogP contribution in [-0.2, 0) is 4.74 Å². The van der Waals surface area contributed by atoms with Crippen molar-refractivity contribution in [2.24, 2.45) is 0 Å². The van der Waals surface area contributed by atoms with Crippen molar-refractivity contribution in [3.05, 3.63) is 23.9 Å². The summed E-state index contributed by atoms with van der Waals surface area (Å²) >= 11 is 0. The number of ether oxygens (including phenoxy) is 1. The van der Waals surface area contributed by atoms with E-state index < -0.39 is 6.10 Å². The average molecular weight is 222 g/mol. The van der Waals surface area contributed by atoms with E-state index in [1.54, 1.807) is 13.1 Å². The SMILES string of the molecule is C[C@@H](O)c1cccnc1N(C)C1CCOC1. The second kappa shape index (κ2) is 4.80. The quantitative estimate of drug-likeness (QED) is 0.838. The van der Waals surface area contributed by atoms with E-state index in [0.29, 0.717) is 6.04 Å². The third kappa shape index (κ3) is 2.18. The fourth-order valence-corrected chi connectivity index (χ4v) is 2.03. The Morgan fingerprint density at radius 2 is 2.44 bits per heavy atom. The zero-order valence-corrected chi connectivity index (χ0v) is 9.76. The van der Waals surface area contributed by atoms with Gasteiger partial charge in [0.25, 0.3) is 0 Å². The molecule has 0 bridgehead atoms. The van der Waals surface area contributed by atoms with Gasteiger partial charge in [0.1, 0.15) is 5.82 Å². The number of rotatable bonds is 3. The van der Waals surface area contributed by atoms with E-state index in [9.17, 15) is 5.11 Å². The minimum absolute atomic E-state index is 0.368. The van der Waals surface area contributed by atoms with Crippen LogP contribution in [0.25, 0.3) is 0 Å². The van der Waals surface area contributed by atoms with Gasteiger partial charge in [0, 0.05) is 25.4 Å². The molecule has 2 atom stereocenters. The average Bonchev–Trinajstić information content (AvgIpc) is 2.81. The van der Waals surface area contributed by atoms with Crippen LogP contribution in [0.5, 0.6) is 0 Å². The fourth-order valence-electron chi connectivity index (χ4n) is 2.03. The van der Waals surface area contributed by atoms with Gasteiger partial charge in [-0.25, -0.2) is 4.98 Å². The molecule has 1 aliphatic heterocycles. The van der Waals surface area contributed by atoms with E-state index in [0.717, 1.165) is 31.0 Å². The van der Waals surface area contributed by atoms with Crippen molar-refractivity contribution >= 4 is 5.82 Å². The third-order valence-electron chi connectivity index (χ3n) is 3.05. The predicted molar refractivity (Wildman–Crippen MR) is 62.5 cm³/mol. The summed E-state index contributed by atoms with van der Waals surface area (Å²) in [6.45, 7) is 3.32. The monoisotopic (exact) mass is 222 g/mol. The topological polar surface area (TPSA) is 45.6 Å². The van der Waals surface area contributed by atoms with E-state index in [1.165, 1.54) is 0 Å². The summed E-state index contributed by atoms with van der Waals surface area (Å²) in [5.74, 6) is 0.855. The van der Waals surface area contributed by atoms with Gasteiger partial charge in [-0.3, -0.25) is 0 Å². The third-order valence-corrected chi connectivity index (χ3v) is 3.05. The van der Waals surface area contributed by atoms with Crippen LogP contribution >= 0.6 is 0 Å². The van der Waals surface area contributed by atoms with E-state index in [1.807, 2.05) is 19.2 Å². The fraction of sp³-hybridized carbons (Fsp3) is 0.583. The van der Waals surface area contributed by atoms with Crippen molar-refractivity contribution in [1.82, 2.24) is 4.98 Å². The molecule has 1 aliphatic rings. The van der Waals surface area contributed by atoms with Crippen LogP contribution in [-0.4, -0.2) is 36.4 Å². The minimum Gasteiger partial charge on any atom is -0.389 e. The molecule has 1 N–H and O–H groups in total. The molecule has 4 heteroatoms. The van der Waals surface area contributed by atoms with Crippen molar-refractivity contribution in [2.45, 2.75) is 25.5 Å². The first-order chi connectivity index (χ1) is 7.70. The standard InChI is InChI=1S/C12H18N2O2/c1-9(15)11-4-3-6-13-12(11)14(2)10-5-7-16-8-10/h3-4,6,9-10,15H,5,7-8H2,1-2H3/t9-,10?/m1/s1. The highest BCUT2D eigenvalue weighted by Gasteiger charge is 2.23. The normalized spacial score (nSPS) is 22.1. The Morgan fingerprint density at radius 1 is 1.62 bits per heavy atom. The number of aliphatic hydroxyl groups is 1. The number of hydrogen-bond donors (Lipinski definition) is 1. The van der Waals surface area contributed by atoms with E-state index in [-0.39, 0.29) is 0 Å². The number of pyridine rings is 1. The van der Waals surface area contributed by atoms with Crippen molar-refractivity contribution in [2.75, 3.05) is 25.2 Å². The highest BCUT2D eigenvalue weighted by molar-refractivity contribution is 5.48. The van der Waals surface area contributed by atoms with Gasteiger partial charge in [-0.05, 0) is 19.4 Å². The molecule has 88 valence electrons. The molecular formula is C12H18N2O2. The molecule has 1 aromatic rings. The van der Waals surface area contributed by atoms with Crippen molar-refractivity contribution in [3.63, 3.8) is 0 Å². The summed E-state index contributed by atoms with van der Waals surface area (Å²) in [5, 5.41) is 9.70. The van der Waals surface area contributed by atoms with Crippen LogP contribution < -0.4 is 4.90 Å². The van der Waals surface area contributed by atoms with Crippen LogP contribution in [0, 0.1) is 0 Å². The summed E-state index contributed by atoms with van der Waals surface area (Å²) in [5.41, 5.74) is 0.872. The molecule has 0 aliphatic carbocycles. The maximum absolute atomic E-state index is 9.70. The summed E-state index contributed by atoms with van der Waals surface area (Å²) < 4.78 is 5.37. The van der Waals surface area contributed by atoms with Gasteiger partial charge in [0.15, 0.2) is 0 Å². The molecule has 1 fully saturated rings. The van der Waals surface area contributed by atoms with Gasteiger partial charge in [0.05, 0.1) is 18.8 Å². The van der Waals surface area contributed by atoms with Crippen LogP contribution in [0.3, 0.4) is 0 Å². The molecule has 1 unspecified atom stereocenters. The summed E-state index contributed by atoms with van der Waals surface area (Å²) in [6.07, 6.45) is 2.29. The molecule has 0 aromatic carbocycles. The van der Waals surface area contributed by atoms with Gasteiger partial charge in [-0.1, -0.05) is 6.07 Å². The Bertz CT molecular complexity index is 349. The van der Waals surface area contributed by atoms with Gasteiger partial charge < -0.3 is 14.7 Å². The van der Waals surface area contributed by atoms with Crippen LogP contribution in [0.1, 0.15) is 25.0 Å². The second-order valence-electron chi connectivity index (χ2n) is 4.22. The Kier molecular flexibility index (Phi) is 3.41. The maximum Gasteiger partial charge on any atom is 0.134 e. The molecule has 0 amide bonds. The molecule has 0 saturated carbocycles. The number of aromatic nitrogens is 1. The van der Waals surface area contributed by atoms with Gasteiger partial charge in [-0.15, -0.1) is 0 Å². The molecular weight excluding hydrogens is 204 g/mol. The lowest BCUT2D eigenvalue weighted by Crippen LogP contribution is -2.33. The van der Waals surface area contributed by atoms with Gasteiger partial charge in [0.2, 0.25) is 0 Å². The first-order valence-corrected chi connectivity index (χ1v) is 5.63. The molecule has 4 nitrogen and oxygen atoms in total. The number of aliphatic hydroxyl groups excluding tert-OH is 1. The molecule has 1 saturated heterocycles. The Balaban J connectivity index is 2.24. The van der Waals surface area contributed by atoms with Crippen LogP contribution in [0.15, 0.2) is 18.3 Å². The Labute approximate surface area is 95.9 Å². The predicted octanol–water partition coefficient (Wildman–Crippen LogP) is 1.36. The highest BCUT2D eigenvalue weighted by Crippen LogP contribution is 2.26. The lowest BCUT2D eigenvalue weighted by atomic mass is 10.1. The Hall–Kier alpha value is -1.13. The molecule has 16 heavy (non-hydrogen) atoms. The lowest BCUT2D eigenvalue weighted by molar-refractivity contribution is 0.192. The number of nitrogens with zero attached hydrogens (tertiary/aromatic N) is 2. The highest BCUT2D eigenvalue weighted by atomic mass is 16.5. The molecule has 0 spiro atoms. The van der Waals surface area contributed by atoms with Crippen LogP contribution in [0.2, 0.25) is 0 Å². The second-order valence-corrected chi connectivity index (χ2v) is 4.22. The summed E-state index contributed by atoms with van der Waals surface area (Å²) in [6, 6.07) is 4.14. The first kappa shape index (κ1) is 11.4. The number of likely N-dealkylation sites (N-methyl/N-ethyl adjacent to an activating group) is 1. The zero-order chi connectivity index (χ0) is 11.5. The lowest BCUT2D eigenvalue weighted by Gasteiger charge is -2.27. The number of hydrogen-bond acceptors (Lipinski definition) is 4. The van der Waals surface area contributed by atoms with E-state index in [2.05, 4.69) is 9.88 Å². The molecule has 1 aromatic heterocycles. The van der Waals surface area contributed by atoms with E-state index in [4.69, 9.17) is 4.74 Å². The molecule has 2 heterocycles. The largest absolute Gasteiger partial charge is 0.389 e. The number of anilines is 1. The summed E-state index contributed by atoms with van der Waals surface area (Å²) in [4.78, 5) is 6.46. The molecule has 2 rings (SSSR count). The Morgan fingerprint density at radius 3 is 3.06 bits per heavy atom. The van der Waals surface area contributed by atoms with E-state index >= 15 is 0 Å². The van der Waals surface area contributed by atoms with Crippen molar-refractivity contribution in [1.29, 1.82) is 0 Å². The van der Waals surface area contributed by atoms with Gasteiger partial charge in [-0.2, -0.15) is 0 Å². The van der Waals surface area contributed by atoms with Crippen molar-refractivity contribution < 1.29 is 9.84 Å². The zero-order valence-electron chi connectivity index (χ0n) is 9.76.